The Kier molecular flexibility index (Phi) is 6.86. The highest BCUT2D eigenvalue weighted by Crippen LogP contribution is 2.41. The van der Waals surface area contributed by atoms with Crippen LogP contribution in [0.4, 0.5) is 5.69 Å². The molecular weight excluding hydrogens is 418 g/mol. The van der Waals surface area contributed by atoms with Gasteiger partial charge in [-0.05, 0) is 37.3 Å². The molecule has 0 bridgehead atoms. The summed E-state index contributed by atoms with van der Waals surface area (Å²) in [7, 11) is 6.19. The van der Waals surface area contributed by atoms with Gasteiger partial charge in [0.05, 0.1) is 45.7 Å². The molecule has 0 radical (unpaired) electrons. The summed E-state index contributed by atoms with van der Waals surface area (Å²) in [6.07, 6.45) is 0. The van der Waals surface area contributed by atoms with Crippen LogP contribution in [-0.4, -0.2) is 39.5 Å². The largest absolute Gasteiger partial charge is 0.496 e. The Morgan fingerprint density at radius 2 is 1.55 bits per heavy atom. The molecule has 1 aliphatic rings. The summed E-state index contributed by atoms with van der Waals surface area (Å²) < 4.78 is 21.8. The molecule has 164 valence electrons. The van der Waals surface area contributed by atoms with Crippen molar-refractivity contribution in [1.82, 2.24) is 10.6 Å². The molecule has 0 saturated heterocycles. The summed E-state index contributed by atoms with van der Waals surface area (Å²) in [5.41, 5.74) is 2.30. The first-order chi connectivity index (χ1) is 14.9. The van der Waals surface area contributed by atoms with Crippen molar-refractivity contribution in [2.24, 2.45) is 0 Å². The summed E-state index contributed by atoms with van der Waals surface area (Å²) in [6, 6.07) is 10.1. The van der Waals surface area contributed by atoms with Crippen molar-refractivity contribution in [1.29, 1.82) is 0 Å². The molecule has 8 nitrogen and oxygen atoms in total. The fourth-order valence-electron chi connectivity index (χ4n) is 3.44. The smallest absolute Gasteiger partial charge is 0.255 e. The quantitative estimate of drug-likeness (QED) is 0.563. The number of amides is 1. The van der Waals surface area contributed by atoms with E-state index in [2.05, 4.69) is 16.0 Å². The highest BCUT2D eigenvalue weighted by molar-refractivity contribution is 7.80. The average Bonchev–Trinajstić information content (AvgIpc) is 2.77. The minimum Gasteiger partial charge on any atom is -0.496 e. The van der Waals surface area contributed by atoms with Gasteiger partial charge >= 0.3 is 0 Å². The van der Waals surface area contributed by atoms with Gasteiger partial charge in [-0.25, -0.2) is 0 Å². The number of carbonyl (C=O) groups is 1. The lowest BCUT2D eigenvalue weighted by molar-refractivity contribution is -0.113. The molecule has 3 rings (SSSR count). The highest BCUT2D eigenvalue weighted by atomic mass is 32.1. The van der Waals surface area contributed by atoms with Crippen LogP contribution in [0.15, 0.2) is 47.7 Å². The molecule has 0 fully saturated rings. The standard InChI is InChI=1S/C22H25N3O5S/c1-12-19(21(26)24-14-8-6-7-9-15(14)27-2)20(25-22(31)23-12)13-10-17(29-4)18(30-5)11-16(13)28-3/h6-11,20H,1-5H3,(H,24,26)(H2,23,25,31)/t20-/m1/s1. The molecule has 3 N–H and O–H groups in total. The predicted octanol–water partition coefficient (Wildman–Crippen LogP) is 3.15. The minimum atomic E-state index is -0.585. The molecule has 1 atom stereocenters. The second-order valence-corrected chi connectivity index (χ2v) is 7.08. The van der Waals surface area contributed by atoms with E-state index in [0.29, 0.717) is 50.6 Å². The van der Waals surface area contributed by atoms with Gasteiger partial charge < -0.3 is 34.9 Å². The Labute approximate surface area is 186 Å². The number of hydrogen-bond acceptors (Lipinski definition) is 6. The first-order valence-corrected chi connectivity index (χ1v) is 9.86. The Morgan fingerprint density at radius 3 is 2.19 bits per heavy atom. The first kappa shape index (κ1) is 22.2. The fourth-order valence-corrected chi connectivity index (χ4v) is 3.72. The van der Waals surface area contributed by atoms with Crippen LogP contribution in [0.1, 0.15) is 18.5 Å². The number of thiocarbonyl (C=S) groups is 1. The average molecular weight is 444 g/mol. The van der Waals surface area contributed by atoms with E-state index in [-0.39, 0.29) is 5.91 Å². The van der Waals surface area contributed by atoms with Crippen LogP contribution in [-0.2, 0) is 4.79 Å². The van der Waals surface area contributed by atoms with Gasteiger partial charge in [0.2, 0.25) is 0 Å². The number of hydrogen-bond donors (Lipinski definition) is 3. The summed E-state index contributed by atoms with van der Waals surface area (Å²) in [6.45, 7) is 1.80. The van der Waals surface area contributed by atoms with Gasteiger partial charge in [0, 0.05) is 17.3 Å². The van der Waals surface area contributed by atoms with Crippen LogP contribution in [0, 0.1) is 0 Å². The lowest BCUT2D eigenvalue weighted by Gasteiger charge is -2.31. The summed E-state index contributed by atoms with van der Waals surface area (Å²) in [5.74, 6) is 1.79. The maximum atomic E-state index is 13.4. The molecule has 0 unspecified atom stereocenters. The van der Waals surface area contributed by atoms with Gasteiger partial charge in [0.1, 0.15) is 11.5 Å². The van der Waals surface area contributed by atoms with Gasteiger partial charge in [-0.15, -0.1) is 0 Å². The number of para-hydroxylation sites is 2. The fraction of sp³-hybridized carbons (Fsp3) is 0.273. The van der Waals surface area contributed by atoms with E-state index in [1.165, 1.54) is 0 Å². The molecule has 1 heterocycles. The maximum Gasteiger partial charge on any atom is 0.255 e. The van der Waals surface area contributed by atoms with E-state index < -0.39 is 6.04 Å². The molecule has 1 aliphatic heterocycles. The van der Waals surface area contributed by atoms with Gasteiger partial charge in [0.25, 0.3) is 5.91 Å². The summed E-state index contributed by atoms with van der Waals surface area (Å²) in [4.78, 5) is 13.4. The lowest BCUT2D eigenvalue weighted by atomic mass is 9.93. The third kappa shape index (κ3) is 4.51. The molecule has 0 aliphatic carbocycles. The van der Waals surface area contributed by atoms with Crippen molar-refractivity contribution in [2.45, 2.75) is 13.0 Å². The molecule has 0 aromatic heterocycles. The van der Waals surface area contributed by atoms with E-state index in [1.807, 2.05) is 12.1 Å². The number of methoxy groups -OCH3 is 4. The Balaban J connectivity index is 2.07. The van der Waals surface area contributed by atoms with Gasteiger partial charge in [-0.1, -0.05) is 12.1 Å². The third-order valence-electron chi connectivity index (χ3n) is 4.92. The lowest BCUT2D eigenvalue weighted by Crippen LogP contribution is -2.45. The highest BCUT2D eigenvalue weighted by Gasteiger charge is 2.33. The number of benzene rings is 2. The van der Waals surface area contributed by atoms with Crippen LogP contribution in [0.5, 0.6) is 23.0 Å². The molecule has 0 saturated carbocycles. The third-order valence-corrected chi connectivity index (χ3v) is 5.14. The Bertz CT molecular complexity index is 1040. The maximum absolute atomic E-state index is 13.4. The van der Waals surface area contributed by atoms with Crippen molar-refractivity contribution in [3.63, 3.8) is 0 Å². The van der Waals surface area contributed by atoms with E-state index in [9.17, 15) is 4.79 Å². The molecular formula is C22H25N3O5S. The van der Waals surface area contributed by atoms with Crippen LogP contribution < -0.4 is 34.9 Å². The zero-order valence-corrected chi connectivity index (χ0v) is 18.8. The number of anilines is 1. The summed E-state index contributed by atoms with van der Waals surface area (Å²) in [5, 5.41) is 9.51. The van der Waals surface area contributed by atoms with Gasteiger partial charge in [-0.3, -0.25) is 4.79 Å². The van der Waals surface area contributed by atoms with Crippen LogP contribution in [0.25, 0.3) is 0 Å². The SMILES string of the molecule is COc1ccccc1NC(=O)C1=C(C)NC(=S)N[C@@H]1c1cc(OC)c(OC)cc1OC. The van der Waals surface area contributed by atoms with E-state index in [1.54, 1.807) is 59.6 Å². The zero-order valence-electron chi connectivity index (χ0n) is 18.0. The number of rotatable bonds is 7. The number of allylic oxidation sites excluding steroid dienone is 1. The van der Waals surface area contributed by atoms with E-state index >= 15 is 0 Å². The van der Waals surface area contributed by atoms with Crippen molar-refractivity contribution < 1.29 is 23.7 Å². The monoisotopic (exact) mass is 443 g/mol. The molecule has 2 aromatic rings. The van der Waals surface area contributed by atoms with E-state index in [4.69, 9.17) is 31.2 Å². The topological polar surface area (TPSA) is 90.1 Å². The van der Waals surface area contributed by atoms with Crippen LogP contribution in [0.2, 0.25) is 0 Å². The minimum absolute atomic E-state index is 0.314. The van der Waals surface area contributed by atoms with Crippen LogP contribution >= 0.6 is 12.2 Å². The van der Waals surface area contributed by atoms with Crippen molar-refractivity contribution in [3.8, 4) is 23.0 Å². The van der Waals surface area contributed by atoms with Crippen LogP contribution in [0.3, 0.4) is 0 Å². The normalized spacial score (nSPS) is 15.5. The van der Waals surface area contributed by atoms with Crippen molar-refractivity contribution in [2.75, 3.05) is 33.8 Å². The van der Waals surface area contributed by atoms with Gasteiger partial charge in [-0.2, -0.15) is 0 Å². The molecule has 9 heteroatoms. The number of carbonyl (C=O) groups excluding carboxylic acids is 1. The number of nitrogens with one attached hydrogen (secondary N) is 3. The van der Waals surface area contributed by atoms with Crippen molar-refractivity contribution in [3.05, 3.63) is 53.2 Å². The Morgan fingerprint density at radius 1 is 0.935 bits per heavy atom. The molecule has 2 aromatic carbocycles. The van der Waals surface area contributed by atoms with Gasteiger partial charge in [0.15, 0.2) is 16.6 Å². The zero-order chi connectivity index (χ0) is 22.5. The van der Waals surface area contributed by atoms with E-state index in [0.717, 1.165) is 0 Å². The van der Waals surface area contributed by atoms with Crippen molar-refractivity contribution >= 4 is 28.9 Å². The molecule has 1 amide bonds. The predicted molar refractivity (Wildman–Crippen MR) is 122 cm³/mol. The summed E-state index contributed by atoms with van der Waals surface area (Å²) >= 11 is 5.35. The first-order valence-electron chi connectivity index (χ1n) is 9.46. The molecule has 31 heavy (non-hydrogen) atoms. The molecule has 0 spiro atoms. The Hall–Kier alpha value is -3.46. The second kappa shape index (κ2) is 9.57. The number of ether oxygens (including phenoxy) is 4. The second-order valence-electron chi connectivity index (χ2n) is 6.67.